The zero-order valence-electron chi connectivity index (χ0n) is 3.50. The van der Waals surface area contributed by atoms with Gasteiger partial charge in [0.15, 0.2) is 0 Å². The van der Waals surface area contributed by atoms with Gasteiger partial charge in [0.1, 0.15) is 0 Å². The van der Waals surface area contributed by atoms with Gasteiger partial charge in [-0.1, -0.05) is 18.5 Å². The highest BCUT2D eigenvalue weighted by Crippen LogP contribution is 2.07. The van der Waals surface area contributed by atoms with Crippen LogP contribution in [-0.2, 0) is 0 Å². The lowest BCUT2D eigenvalue weighted by Gasteiger charge is -2.04. The molecule has 0 saturated carbocycles. The maximum Gasteiger partial charge on any atom is 0.0254 e. The molecular weight excluding hydrogens is 92.2 g/mol. The van der Waals surface area contributed by atoms with Gasteiger partial charge in [-0.25, -0.2) is 0 Å². The topological polar surface area (TPSA) is 0 Å². The van der Waals surface area contributed by atoms with Crippen LogP contribution >= 0.6 is 0 Å². The Morgan fingerprint density at radius 1 is 1.20 bits per heavy atom. The highest BCUT2D eigenvalue weighted by Gasteiger charge is 1.96. The van der Waals surface area contributed by atoms with E-state index < -0.39 is 0 Å². The molecule has 0 unspecified atom stereocenters. The second kappa shape index (κ2) is 1.26. The largest absolute Gasteiger partial charge is 0.0660 e. The molecule has 0 aliphatic rings. The molecule has 0 heterocycles. The summed E-state index contributed by atoms with van der Waals surface area (Å²) in [6, 6.07) is 0. The third-order valence-electron chi connectivity index (χ3n) is 0. The van der Waals surface area contributed by atoms with Crippen LogP contribution in [0.1, 0.15) is 13.8 Å². The maximum atomic E-state index is 3.33. The van der Waals surface area contributed by atoms with E-state index in [1.807, 2.05) is 13.8 Å². The van der Waals surface area contributed by atoms with E-state index in [-0.39, 0.29) is 4.66 Å². The molecule has 0 aromatic carbocycles. The first kappa shape index (κ1) is 5.43. The molecule has 0 aliphatic heterocycles. The molecule has 0 saturated heterocycles. The fourth-order valence-electron chi connectivity index (χ4n) is 0. The Kier molecular flexibility index (Phi) is 1.37. The van der Waals surface area contributed by atoms with Gasteiger partial charge in [0.2, 0.25) is 0 Å². The quantitative estimate of drug-likeness (QED) is 0.387. The summed E-state index contributed by atoms with van der Waals surface area (Å²) in [6.07, 6.45) is 0. The molecule has 0 N–H and O–H groups in total. The molecule has 6 radical (unpaired) electrons. The minimum atomic E-state index is 0.111. The molecule has 0 aliphatic carbocycles. The highest BCUT2D eigenvalue weighted by molar-refractivity contribution is 6.39. The third-order valence-corrected chi connectivity index (χ3v) is 0. The molecule has 0 aromatic heterocycles. The van der Waals surface area contributed by atoms with Crippen molar-refractivity contribution in [3.05, 3.63) is 0 Å². The van der Waals surface area contributed by atoms with Crippen LogP contribution in [0.4, 0.5) is 0 Å². The molecule has 26 valence electrons. The lowest BCUT2D eigenvalue weighted by atomic mass is 10.5. The lowest BCUT2D eigenvalue weighted by molar-refractivity contribution is 0.971. The van der Waals surface area contributed by atoms with E-state index in [0.29, 0.717) is 0 Å². The third kappa shape index (κ3) is 140. The summed E-state index contributed by atoms with van der Waals surface area (Å²) in [5.41, 5.74) is 0. The van der Waals surface area contributed by atoms with Crippen molar-refractivity contribution >= 4 is 20.5 Å². The maximum absolute atomic E-state index is 3.33. The minimum Gasteiger partial charge on any atom is -0.0660 e. The van der Waals surface area contributed by atoms with Crippen molar-refractivity contribution in [2.75, 3.05) is 0 Å². The van der Waals surface area contributed by atoms with E-state index in [4.69, 9.17) is 0 Å². The summed E-state index contributed by atoms with van der Waals surface area (Å²) in [5, 5.41) is 0. The molecule has 0 spiro atoms. The number of rotatable bonds is 0. The second-order valence-electron chi connectivity index (χ2n) is 1.62. The van der Waals surface area contributed by atoms with Gasteiger partial charge in [-0.3, -0.25) is 0 Å². The van der Waals surface area contributed by atoms with E-state index in [1.54, 1.807) is 0 Å². The Morgan fingerprint density at radius 3 is 1.20 bits per heavy atom. The SMILES string of the molecule is CC(C)([Si])[Si]. The Morgan fingerprint density at radius 2 is 1.20 bits per heavy atom. The molecule has 2 heteroatoms. The Bertz CT molecular complexity index is 20.4. The van der Waals surface area contributed by atoms with Gasteiger partial charge in [0.05, 0.1) is 0 Å². The lowest BCUT2D eigenvalue weighted by Crippen LogP contribution is -1.98. The summed E-state index contributed by atoms with van der Waals surface area (Å²) < 4.78 is 0.111. The van der Waals surface area contributed by atoms with Crippen LogP contribution in [0.2, 0.25) is 4.66 Å². The first-order valence-corrected chi connectivity index (χ1v) is 2.50. The van der Waals surface area contributed by atoms with Crippen LogP contribution in [0.3, 0.4) is 0 Å². The van der Waals surface area contributed by atoms with Gasteiger partial charge < -0.3 is 0 Å². The molecule has 0 bridgehead atoms. The average molecular weight is 98.3 g/mol. The smallest absolute Gasteiger partial charge is 0.0254 e. The zero-order chi connectivity index (χ0) is 4.50. The summed E-state index contributed by atoms with van der Waals surface area (Å²) in [4.78, 5) is 0. The zero-order valence-corrected chi connectivity index (χ0v) is 5.50. The fourth-order valence-corrected chi connectivity index (χ4v) is 0. The molecular formula is C3H6Si2. The summed E-state index contributed by atoms with van der Waals surface area (Å²) >= 11 is 0. The summed E-state index contributed by atoms with van der Waals surface area (Å²) in [5.74, 6) is 0. The average Bonchev–Trinajstić information content (AvgIpc) is 0.722. The van der Waals surface area contributed by atoms with Gasteiger partial charge in [-0.2, -0.15) is 0 Å². The van der Waals surface area contributed by atoms with Crippen molar-refractivity contribution in [1.29, 1.82) is 0 Å². The van der Waals surface area contributed by atoms with Crippen LogP contribution in [0, 0.1) is 0 Å². The predicted octanol–water partition coefficient (Wildman–Crippen LogP) is 0.479. The van der Waals surface area contributed by atoms with Crippen LogP contribution in [0.25, 0.3) is 0 Å². The number of hydrogen-bond acceptors (Lipinski definition) is 0. The Hall–Kier alpha value is 0.434. The second-order valence-corrected chi connectivity index (χ2v) is 4.62. The van der Waals surface area contributed by atoms with E-state index in [9.17, 15) is 0 Å². The van der Waals surface area contributed by atoms with E-state index in [2.05, 4.69) is 20.5 Å². The molecule has 0 fully saturated rings. The van der Waals surface area contributed by atoms with Crippen LogP contribution in [0.15, 0.2) is 0 Å². The minimum absolute atomic E-state index is 0.111. The van der Waals surface area contributed by atoms with E-state index in [1.165, 1.54) is 0 Å². The first-order valence-electron chi connectivity index (χ1n) is 1.50. The van der Waals surface area contributed by atoms with Gasteiger partial charge in [-0.15, -0.1) is 0 Å². The molecule has 0 rings (SSSR count). The fraction of sp³-hybridized carbons (Fsp3) is 1.00. The van der Waals surface area contributed by atoms with Gasteiger partial charge >= 0.3 is 0 Å². The van der Waals surface area contributed by atoms with Crippen molar-refractivity contribution in [2.45, 2.75) is 18.5 Å². The van der Waals surface area contributed by atoms with E-state index >= 15 is 0 Å². The van der Waals surface area contributed by atoms with Crippen molar-refractivity contribution in [2.24, 2.45) is 0 Å². The molecule has 5 heavy (non-hydrogen) atoms. The van der Waals surface area contributed by atoms with Gasteiger partial charge in [0.25, 0.3) is 0 Å². The normalized spacial score (nSPS) is 12.0. The van der Waals surface area contributed by atoms with Crippen molar-refractivity contribution in [1.82, 2.24) is 0 Å². The summed E-state index contributed by atoms with van der Waals surface area (Å²) in [7, 11) is 6.67. The Labute approximate surface area is 39.8 Å². The number of hydrogen-bond donors (Lipinski definition) is 0. The first-order chi connectivity index (χ1) is 2.00. The van der Waals surface area contributed by atoms with Crippen LogP contribution in [0.5, 0.6) is 0 Å². The van der Waals surface area contributed by atoms with Crippen molar-refractivity contribution in [3.63, 3.8) is 0 Å². The van der Waals surface area contributed by atoms with E-state index in [0.717, 1.165) is 0 Å². The highest BCUT2D eigenvalue weighted by atomic mass is 28.2. The Balaban J connectivity index is 3.02. The van der Waals surface area contributed by atoms with Gasteiger partial charge in [0, 0.05) is 20.5 Å². The van der Waals surface area contributed by atoms with Crippen molar-refractivity contribution in [3.8, 4) is 0 Å². The molecule has 0 atom stereocenters. The predicted molar refractivity (Wildman–Crippen MR) is 25.5 cm³/mol. The summed E-state index contributed by atoms with van der Waals surface area (Å²) in [6.45, 7) is 4.03. The molecule has 0 amide bonds. The van der Waals surface area contributed by atoms with Crippen LogP contribution < -0.4 is 0 Å². The molecule has 0 nitrogen and oxygen atoms in total. The van der Waals surface area contributed by atoms with Crippen LogP contribution in [-0.4, -0.2) is 20.5 Å². The molecule has 0 aromatic rings. The standard InChI is InChI=1S/C3H6Si2/c1-3(2,4)5/h1-2H3. The van der Waals surface area contributed by atoms with Crippen molar-refractivity contribution < 1.29 is 0 Å². The van der Waals surface area contributed by atoms with Gasteiger partial charge in [-0.05, 0) is 0 Å². The monoisotopic (exact) mass is 98.0 g/mol.